The van der Waals surface area contributed by atoms with Crippen molar-refractivity contribution in [2.75, 3.05) is 11.9 Å². The number of carbonyl (C=O) groups is 1. The number of carbonyl (C=O) groups excluding carboxylic acids is 1. The smallest absolute Gasteiger partial charge is 0.225 e. The van der Waals surface area contributed by atoms with Crippen molar-refractivity contribution in [1.29, 1.82) is 0 Å². The number of benzene rings is 1. The third kappa shape index (κ3) is 2.92. The summed E-state index contributed by atoms with van der Waals surface area (Å²) in [6.07, 6.45) is 3.46. The second-order valence-corrected chi connectivity index (χ2v) is 4.87. The van der Waals surface area contributed by atoms with E-state index in [4.69, 9.17) is 0 Å². The Morgan fingerprint density at radius 1 is 1.61 bits per heavy atom. The Hall–Kier alpha value is -1.77. The molecule has 1 amide bonds. The van der Waals surface area contributed by atoms with Crippen molar-refractivity contribution in [3.05, 3.63) is 42.5 Å². The summed E-state index contributed by atoms with van der Waals surface area (Å²) in [5.74, 6) is 0.151. The average molecular weight is 244 g/mol. The summed E-state index contributed by atoms with van der Waals surface area (Å²) in [6, 6.07) is 8.32. The SMILES string of the molecule is C=CCC(C)NC(=O)C1CNc2ccccc2C1. The highest BCUT2D eigenvalue weighted by atomic mass is 16.1. The molecule has 2 atom stereocenters. The van der Waals surface area contributed by atoms with Crippen LogP contribution in [0.4, 0.5) is 5.69 Å². The first-order valence-electron chi connectivity index (χ1n) is 6.43. The quantitative estimate of drug-likeness (QED) is 0.798. The van der Waals surface area contributed by atoms with Crippen LogP contribution in [0.3, 0.4) is 0 Å². The van der Waals surface area contributed by atoms with E-state index in [0.717, 1.165) is 18.5 Å². The molecular formula is C15H20N2O. The van der Waals surface area contributed by atoms with E-state index in [-0.39, 0.29) is 17.9 Å². The summed E-state index contributed by atoms with van der Waals surface area (Å²) in [5, 5.41) is 6.35. The van der Waals surface area contributed by atoms with Gasteiger partial charge in [-0.3, -0.25) is 4.79 Å². The first kappa shape index (κ1) is 12.7. The summed E-state index contributed by atoms with van der Waals surface area (Å²) in [6.45, 7) is 6.40. The van der Waals surface area contributed by atoms with Gasteiger partial charge in [0.15, 0.2) is 0 Å². The Labute approximate surface area is 108 Å². The molecule has 0 fully saturated rings. The fourth-order valence-corrected chi connectivity index (χ4v) is 2.30. The van der Waals surface area contributed by atoms with Gasteiger partial charge in [-0.2, -0.15) is 0 Å². The predicted molar refractivity (Wildman–Crippen MR) is 74.5 cm³/mol. The van der Waals surface area contributed by atoms with Gasteiger partial charge >= 0.3 is 0 Å². The highest BCUT2D eigenvalue weighted by molar-refractivity contribution is 5.81. The molecule has 3 heteroatoms. The zero-order valence-corrected chi connectivity index (χ0v) is 10.8. The lowest BCUT2D eigenvalue weighted by molar-refractivity contribution is -0.125. The molecule has 1 aromatic rings. The van der Waals surface area contributed by atoms with Crippen LogP contribution in [-0.2, 0) is 11.2 Å². The van der Waals surface area contributed by atoms with E-state index in [2.05, 4.69) is 29.3 Å². The number of hydrogen-bond donors (Lipinski definition) is 2. The lowest BCUT2D eigenvalue weighted by atomic mass is 9.93. The van der Waals surface area contributed by atoms with Gasteiger partial charge in [-0.1, -0.05) is 24.3 Å². The van der Waals surface area contributed by atoms with Gasteiger partial charge in [0.2, 0.25) is 5.91 Å². The first-order valence-corrected chi connectivity index (χ1v) is 6.43. The number of rotatable bonds is 4. The average Bonchev–Trinajstić information content (AvgIpc) is 2.38. The van der Waals surface area contributed by atoms with Crippen molar-refractivity contribution in [2.45, 2.75) is 25.8 Å². The fourth-order valence-electron chi connectivity index (χ4n) is 2.30. The van der Waals surface area contributed by atoms with Gasteiger partial charge in [-0.15, -0.1) is 6.58 Å². The Balaban J connectivity index is 1.96. The minimum absolute atomic E-state index is 0.0205. The van der Waals surface area contributed by atoms with Crippen molar-refractivity contribution in [2.24, 2.45) is 5.92 Å². The molecule has 0 aromatic heterocycles. The Bertz CT molecular complexity index is 442. The van der Waals surface area contributed by atoms with Gasteiger partial charge < -0.3 is 10.6 Å². The highest BCUT2D eigenvalue weighted by Gasteiger charge is 2.24. The van der Waals surface area contributed by atoms with Crippen LogP contribution in [0.2, 0.25) is 0 Å². The van der Waals surface area contributed by atoms with Gasteiger partial charge in [-0.05, 0) is 31.4 Å². The maximum absolute atomic E-state index is 12.1. The summed E-state index contributed by atoms with van der Waals surface area (Å²) >= 11 is 0. The zero-order valence-electron chi connectivity index (χ0n) is 10.8. The van der Waals surface area contributed by atoms with Gasteiger partial charge in [0.05, 0.1) is 5.92 Å². The molecule has 1 heterocycles. The van der Waals surface area contributed by atoms with Crippen molar-refractivity contribution in [1.82, 2.24) is 5.32 Å². The van der Waals surface area contributed by atoms with Crippen molar-refractivity contribution >= 4 is 11.6 Å². The van der Waals surface area contributed by atoms with E-state index in [1.807, 2.05) is 25.1 Å². The number of anilines is 1. The highest BCUT2D eigenvalue weighted by Crippen LogP contribution is 2.24. The number of amides is 1. The van der Waals surface area contributed by atoms with Crippen molar-refractivity contribution < 1.29 is 4.79 Å². The maximum Gasteiger partial charge on any atom is 0.225 e. The van der Waals surface area contributed by atoms with Crippen LogP contribution in [-0.4, -0.2) is 18.5 Å². The molecule has 1 aromatic carbocycles. The monoisotopic (exact) mass is 244 g/mol. The van der Waals surface area contributed by atoms with Crippen molar-refractivity contribution in [3.8, 4) is 0 Å². The van der Waals surface area contributed by atoms with Gasteiger partial charge in [0.1, 0.15) is 0 Å². The molecule has 0 saturated heterocycles. The molecule has 0 saturated carbocycles. The molecule has 0 radical (unpaired) electrons. The largest absolute Gasteiger partial charge is 0.384 e. The normalized spacial score (nSPS) is 19.3. The molecular weight excluding hydrogens is 224 g/mol. The van der Waals surface area contributed by atoms with E-state index in [9.17, 15) is 4.79 Å². The predicted octanol–water partition coefficient (Wildman–Crippen LogP) is 2.35. The maximum atomic E-state index is 12.1. The van der Waals surface area contributed by atoms with Crippen molar-refractivity contribution in [3.63, 3.8) is 0 Å². The molecule has 1 aliphatic heterocycles. The van der Waals surface area contributed by atoms with Crippen LogP contribution in [0.15, 0.2) is 36.9 Å². The summed E-state index contributed by atoms with van der Waals surface area (Å²) < 4.78 is 0. The number of para-hydroxylation sites is 1. The van der Waals surface area contributed by atoms with Crippen LogP contribution < -0.4 is 10.6 Å². The second-order valence-electron chi connectivity index (χ2n) is 4.87. The number of nitrogens with one attached hydrogen (secondary N) is 2. The summed E-state index contributed by atoms with van der Waals surface area (Å²) in [5.41, 5.74) is 2.38. The second kappa shape index (κ2) is 5.71. The molecule has 96 valence electrons. The molecule has 3 nitrogen and oxygen atoms in total. The van der Waals surface area contributed by atoms with E-state index in [0.29, 0.717) is 6.54 Å². The molecule has 2 rings (SSSR count). The van der Waals surface area contributed by atoms with Crippen LogP contribution in [0.25, 0.3) is 0 Å². The lowest BCUT2D eigenvalue weighted by Crippen LogP contribution is -2.41. The zero-order chi connectivity index (χ0) is 13.0. The van der Waals surface area contributed by atoms with Crippen LogP contribution >= 0.6 is 0 Å². The minimum atomic E-state index is 0.0205. The van der Waals surface area contributed by atoms with Crippen LogP contribution in [0.5, 0.6) is 0 Å². The Morgan fingerprint density at radius 2 is 2.39 bits per heavy atom. The summed E-state index contributed by atoms with van der Waals surface area (Å²) in [7, 11) is 0. The van der Waals surface area contributed by atoms with E-state index >= 15 is 0 Å². The van der Waals surface area contributed by atoms with E-state index < -0.39 is 0 Å². The van der Waals surface area contributed by atoms with Crippen LogP contribution in [0.1, 0.15) is 18.9 Å². The van der Waals surface area contributed by atoms with E-state index in [1.165, 1.54) is 5.56 Å². The summed E-state index contributed by atoms with van der Waals surface area (Å²) in [4.78, 5) is 12.1. The van der Waals surface area contributed by atoms with Gasteiger partial charge in [0, 0.05) is 18.3 Å². The van der Waals surface area contributed by atoms with E-state index in [1.54, 1.807) is 0 Å². The molecule has 1 aliphatic rings. The fraction of sp³-hybridized carbons (Fsp3) is 0.400. The molecule has 18 heavy (non-hydrogen) atoms. The third-order valence-electron chi connectivity index (χ3n) is 3.30. The standard InChI is InChI=1S/C15H20N2O/c1-3-6-11(2)17-15(18)13-9-12-7-4-5-8-14(12)16-10-13/h3-5,7-8,11,13,16H,1,6,9-10H2,2H3,(H,17,18). The Kier molecular flexibility index (Phi) is 4.03. The van der Waals surface area contributed by atoms with Gasteiger partial charge in [-0.25, -0.2) is 0 Å². The Morgan fingerprint density at radius 3 is 3.17 bits per heavy atom. The lowest BCUT2D eigenvalue weighted by Gasteiger charge is -2.26. The number of fused-ring (bicyclic) bond motifs is 1. The molecule has 2 unspecified atom stereocenters. The van der Waals surface area contributed by atoms with Gasteiger partial charge in [0.25, 0.3) is 0 Å². The molecule has 0 spiro atoms. The number of hydrogen-bond acceptors (Lipinski definition) is 2. The molecule has 2 N–H and O–H groups in total. The minimum Gasteiger partial charge on any atom is -0.384 e. The van der Waals surface area contributed by atoms with Crippen LogP contribution in [0, 0.1) is 5.92 Å². The third-order valence-corrected chi connectivity index (χ3v) is 3.30. The molecule has 0 aliphatic carbocycles. The first-order chi connectivity index (χ1) is 8.70. The molecule has 0 bridgehead atoms. The topological polar surface area (TPSA) is 41.1 Å².